The van der Waals surface area contributed by atoms with Crippen LogP contribution in [0.4, 0.5) is 5.69 Å². The molecule has 1 aromatic carbocycles. The molecule has 1 amide bonds. The number of amides is 1. The van der Waals surface area contributed by atoms with E-state index in [-0.39, 0.29) is 23.7 Å². The zero-order valence-corrected chi connectivity index (χ0v) is 8.81. The largest absolute Gasteiger partial charge is 0.297 e. The Hall–Kier alpha value is -1.64. The molecule has 2 rings (SSSR count). The van der Waals surface area contributed by atoms with Crippen LogP contribution in [0.2, 0.25) is 0 Å². The van der Waals surface area contributed by atoms with Crippen LogP contribution in [0.25, 0.3) is 0 Å². The molecule has 3 nitrogen and oxygen atoms in total. The summed E-state index contributed by atoms with van der Waals surface area (Å²) in [5, 5.41) is 0. The molecule has 0 saturated carbocycles. The zero-order chi connectivity index (χ0) is 11.0. The Morgan fingerprint density at radius 3 is 2.27 bits per heavy atom. The monoisotopic (exact) mass is 203 g/mol. The molecule has 3 heteroatoms. The van der Waals surface area contributed by atoms with E-state index in [1.807, 2.05) is 44.2 Å². The minimum Gasteiger partial charge on any atom is -0.294 e. The number of carbonyl (C=O) groups is 2. The van der Waals surface area contributed by atoms with E-state index in [1.54, 1.807) is 4.90 Å². The quantitative estimate of drug-likeness (QED) is 0.541. The van der Waals surface area contributed by atoms with Gasteiger partial charge in [-0.3, -0.25) is 14.5 Å². The van der Waals surface area contributed by atoms with Crippen LogP contribution in [0.5, 0.6) is 0 Å². The summed E-state index contributed by atoms with van der Waals surface area (Å²) in [5.74, 6) is -0.496. The van der Waals surface area contributed by atoms with Crippen molar-refractivity contribution < 1.29 is 9.59 Å². The summed E-state index contributed by atoms with van der Waals surface area (Å²) >= 11 is 0. The van der Waals surface area contributed by atoms with Gasteiger partial charge in [-0.2, -0.15) is 0 Å². The Bertz CT molecular complexity index is 397. The van der Waals surface area contributed by atoms with Gasteiger partial charge in [-0.1, -0.05) is 32.0 Å². The van der Waals surface area contributed by atoms with Gasteiger partial charge in [0.25, 0.3) is 5.91 Å². The summed E-state index contributed by atoms with van der Waals surface area (Å²) in [6.45, 7) is 3.90. The fourth-order valence-corrected chi connectivity index (χ4v) is 1.89. The van der Waals surface area contributed by atoms with Gasteiger partial charge in [-0.05, 0) is 18.1 Å². The Balaban J connectivity index is 2.30. The number of Topliss-reactive ketones (excluding diaryl/α,β-unsaturated/α-hetero) is 1. The second-order valence-electron chi connectivity index (χ2n) is 4.06. The molecule has 0 aromatic heterocycles. The third-order valence-electron chi connectivity index (χ3n) is 2.64. The molecule has 1 aliphatic heterocycles. The number of hydrogen-bond acceptors (Lipinski definition) is 2. The molecule has 0 aliphatic carbocycles. The number of carbonyl (C=O) groups excluding carboxylic acids is 2. The minimum absolute atomic E-state index is 0.162. The van der Waals surface area contributed by atoms with E-state index in [2.05, 4.69) is 0 Å². The van der Waals surface area contributed by atoms with Crippen molar-refractivity contribution in [2.24, 2.45) is 5.92 Å². The van der Waals surface area contributed by atoms with Crippen LogP contribution in [0.15, 0.2) is 30.3 Å². The molecule has 0 N–H and O–H groups in total. The van der Waals surface area contributed by atoms with Gasteiger partial charge in [0.1, 0.15) is 6.04 Å². The van der Waals surface area contributed by atoms with Gasteiger partial charge in [0.2, 0.25) is 5.78 Å². The lowest BCUT2D eigenvalue weighted by Crippen LogP contribution is -2.64. The van der Waals surface area contributed by atoms with Gasteiger partial charge < -0.3 is 0 Å². The van der Waals surface area contributed by atoms with Gasteiger partial charge in [0.05, 0.1) is 0 Å². The third-order valence-corrected chi connectivity index (χ3v) is 2.64. The fraction of sp³-hybridized carbons (Fsp3) is 0.333. The number of ketones is 1. The van der Waals surface area contributed by atoms with Gasteiger partial charge >= 0.3 is 0 Å². The van der Waals surface area contributed by atoms with Crippen molar-refractivity contribution in [1.82, 2.24) is 0 Å². The van der Waals surface area contributed by atoms with E-state index in [0.717, 1.165) is 5.69 Å². The molecule has 78 valence electrons. The van der Waals surface area contributed by atoms with Crippen LogP contribution in [-0.4, -0.2) is 17.7 Å². The van der Waals surface area contributed by atoms with Gasteiger partial charge in [0, 0.05) is 5.69 Å². The fourth-order valence-electron chi connectivity index (χ4n) is 1.89. The molecule has 0 radical (unpaired) electrons. The maximum Gasteiger partial charge on any atom is 0.297 e. The molecule has 1 heterocycles. The van der Waals surface area contributed by atoms with Crippen molar-refractivity contribution in [2.45, 2.75) is 19.9 Å². The van der Waals surface area contributed by atoms with E-state index in [0.29, 0.717) is 0 Å². The number of rotatable bonds is 2. The first-order valence-electron chi connectivity index (χ1n) is 5.05. The van der Waals surface area contributed by atoms with Crippen LogP contribution < -0.4 is 4.90 Å². The van der Waals surface area contributed by atoms with E-state index in [9.17, 15) is 9.59 Å². The van der Waals surface area contributed by atoms with Crippen molar-refractivity contribution in [3.63, 3.8) is 0 Å². The van der Waals surface area contributed by atoms with Crippen molar-refractivity contribution in [3.8, 4) is 0 Å². The summed E-state index contributed by atoms with van der Waals surface area (Å²) in [6.07, 6.45) is 0. The highest BCUT2D eigenvalue weighted by atomic mass is 16.2. The maximum atomic E-state index is 11.5. The van der Waals surface area contributed by atoms with Gasteiger partial charge in [0.15, 0.2) is 0 Å². The molecule has 1 fully saturated rings. The Kier molecular flexibility index (Phi) is 2.31. The van der Waals surface area contributed by atoms with E-state index < -0.39 is 0 Å². The highest BCUT2D eigenvalue weighted by molar-refractivity contribution is 6.51. The van der Waals surface area contributed by atoms with Crippen molar-refractivity contribution in [1.29, 1.82) is 0 Å². The van der Waals surface area contributed by atoms with Crippen LogP contribution in [-0.2, 0) is 9.59 Å². The molecule has 1 unspecified atom stereocenters. The molecular weight excluding hydrogens is 190 g/mol. The third kappa shape index (κ3) is 1.44. The summed E-state index contributed by atoms with van der Waals surface area (Å²) in [6, 6.07) is 9.03. The lowest BCUT2D eigenvalue weighted by atomic mass is 9.89. The lowest BCUT2D eigenvalue weighted by Gasteiger charge is -2.40. The average molecular weight is 203 g/mol. The molecule has 1 atom stereocenters. The molecule has 0 bridgehead atoms. The average Bonchev–Trinajstić information content (AvgIpc) is 2.25. The Labute approximate surface area is 88.7 Å². The molecule has 1 aliphatic rings. The number of benzene rings is 1. The van der Waals surface area contributed by atoms with Crippen molar-refractivity contribution >= 4 is 17.4 Å². The maximum absolute atomic E-state index is 11.5. The second-order valence-corrected chi connectivity index (χ2v) is 4.06. The summed E-state index contributed by atoms with van der Waals surface area (Å²) in [5.41, 5.74) is 0.806. The van der Waals surface area contributed by atoms with Crippen molar-refractivity contribution in [3.05, 3.63) is 30.3 Å². The highest BCUT2D eigenvalue weighted by Gasteiger charge is 2.48. The second kappa shape index (κ2) is 3.50. The normalized spacial score (nSPS) is 20.7. The highest BCUT2D eigenvalue weighted by Crippen LogP contribution is 2.29. The minimum atomic E-state index is -0.389. The first-order valence-corrected chi connectivity index (χ1v) is 5.05. The van der Waals surface area contributed by atoms with Crippen LogP contribution in [0.1, 0.15) is 13.8 Å². The predicted octanol–water partition coefficient (Wildman–Crippen LogP) is 1.63. The van der Waals surface area contributed by atoms with Gasteiger partial charge in [-0.15, -0.1) is 0 Å². The van der Waals surface area contributed by atoms with E-state index in [1.165, 1.54) is 0 Å². The van der Waals surface area contributed by atoms with E-state index >= 15 is 0 Å². The Morgan fingerprint density at radius 1 is 1.13 bits per heavy atom. The van der Waals surface area contributed by atoms with Crippen LogP contribution in [0.3, 0.4) is 0 Å². The first-order chi connectivity index (χ1) is 7.13. The predicted molar refractivity (Wildman–Crippen MR) is 57.6 cm³/mol. The topological polar surface area (TPSA) is 37.4 Å². The summed E-state index contributed by atoms with van der Waals surface area (Å²) < 4.78 is 0. The van der Waals surface area contributed by atoms with Gasteiger partial charge in [-0.25, -0.2) is 0 Å². The Morgan fingerprint density at radius 2 is 1.73 bits per heavy atom. The zero-order valence-electron chi connectivity index (χ0n) is 8.81. The molecule has 15 heavy (non-hydrogen) atoms. The van der Waals surface area contributed by atoms with E-state index in [4.69, 9.17) is 0 Å². The first kappa shape index (κ1) is 9.90. The standard InChI is InChI=1S/C12H13NO2/c1-8(2)10-11(14)12(15)13(10)9-6-4-3-5-7-9/h3-8,10H,1-2H3. The van der Waals surface area contributed by atoms with Crippen LogP contribution in [0, 0.1) is 5.92 Å². The molecule has 0 spiro atoms. The lowest BCUT2D eigenvalue weighted by molar-refractivity contribution is -0.144. The van der Waals surface area contributed by atoms with Crippen molar-refractivity contribution in [2.75, 3.05) is 4.90 Å². The summed E-state index contributed by atoms with van der Waals surface area (Å²) in [4.78, 5) is 24.4. The molecule has 1 aromatic rings. The number of β-lactam (4-membered cyclic amide) rings is 1. The summed E-state index contributed by atoms with van der Waals surface area (Å²) in [7, 11) is 0. The number of anilines is 1. The SMILES string of the molecule is CC(C)C1C(=O)C(=O)N1c1ccccc1. The smallest absolute Gasteiger partial charge is 0.294 e. The molecule has 1 saturated heterocycles. The molecular formula is C12H13NO2. The number of para-hydroxylation sites is 1. The number of nitrogens with zero attached hydrogens (tertiary/aromatic N) is 1. The van der Waals surface area contributed by atoms with Crippen LogP contribution >= 0.6 is 0 Å². The number of hydrogen-bond donors (Lipinski definition) is 0.